The van der Waals surface area contributed by atoms with Gasteiger partial charge < -0.3 is 5.32 Å². The van der Waals surface area contributed by atoms with Gasteiger partial charge in [0.05, 0.1) is 0 Å². The quantitative estimate of drug-likeness (QED) is 0.806. The van der Waals surface area contributed by atoms with Crippen LogP contribution in [-0.2, 0) is 0 Å². The van der Waals surface area contributed by atoms with Crippen LogP contribution in [0.3, 0.4) is 0 Å². The highest BCUT2D eigenvalue weighted by molar-refractivity contribution is 8.00. The first kappa shape index (κ1) is 17.4. The first-order chi connectivity index (χ1) is 9.26. The van der Waals surface area contributed by atoms with Crippen LogP contribution < -0.4 is 5.32 Å². The van der Waals surface area contributed by atoms with Crippen LogP contribution in [-0.4, -0.2) is 17.0 Å². The number of halogens is 2. The maximum atomic E-state index is 14.3. The molecular formula is C16H25F2NS. The summed E-state index contributed by atoms with van der Waals surface area (Å²) in [6.07, 6.45) is 0.936. The molecule has 114 valence electrons. The van der Waals surface area contributed by atoms with Crippen molar-refractivity contribution in [1.82, 2.24) is 5.32 Å². The number of hydrogen-bond donors (Lipinski definition) is 1. The van der Waals surface area contributed by atoms with Crippen LogP contribution in [0.2, 0.25) is 0 Å². The molecule has 0 fully saturated rings. The summed E-state index contributed by atoms with van der Waals surface area (Å²) in [4.78, 5) is 0. The molecule has 1 nitrogen and oxygen atoms in total. The van der Waals surface area contributed by atoms with E-state index < -0.39 is 11.6 Å². The number of thioether (sulfide) groups is 1. The summed E-state index contributed by atoms with van der Waals surface area (Å²) in [5, 5.41) is 3.27. The van der Waals surface area contributed by atoms with Crippen molar-refractivity contribution in [2.45, 2.75) is 51.8 Å². The monoisotopic (exact) mass is 301 g/mol. The van der Waals surface area contributed by atoms with Gasteiger partial charge in [-0.15, -0.1) is 0 Å². The molecule has 0 bridgehead atoms. The average Bonchev–Trinajstić information content (AvgIpc) is 2.35. The lowest BCUT2D eigenvalue weighted by Crippen LogP contribution is -2.28. The predicted octanol–water partition coefficient (Wildman–Crippen LogP) is 4.85. The largest absolute Gasteiger partial charge is 0.309 e. The highest BCUT2D eigenvalue weighted by Gasteiger charge is 2.23. The molecule has 4 heteroatoms. The van der Waals surface area contributed by atoms with Crippen molar-refractivity contribution in [3.8, 4) is 0 Å². The number of aryl methyl sites for hydroxylation is 1. The van der Waals surface area contributed by atoms with Crippen molar-refractivity contribution in [2.24, 2.45) is 0 Å². The second-order valence-electron chi connectivity index (χ2n) is 6.02. The highest BCUT2D eigenvalue weighted by atomic mass is 32.2. The van der Waals surface area contributed by atoms with Gasteiger partial charge in [0.25, 0.3) is 0 Å². The van der Waals surface area contributed by atoms with E-state index in [1.807, 2.05) is 6.92 Å². The van der Waals surface area contributed by atoms with E-state index >= 15 is 0 Å². The number of benzene rings is 1. The van der Waals surface area contributed by atoms with Crippen molar-refractivity contribution in [1.29, 1.82) is 0 Å². The van der Waals surface area contributed by atoms with E-state index in [1.54, 1.807) is 18.7 Å². The van der Waals surface area contributed by atoms with Gasteiger partial charge in [0.2, 0.25) is 0 Å². The van der Waals surface area contributed by atoms with Crippen LogP contribution in [0.25, 0.3) is 0 Å². The molecule has 0 heterocycles. The Labute approximate surface area is 125 Å². The summed E-state index contributed by atoms with van der Waals surface area (Å²) in [6.45, 7) is 10.8. The zero-order valence-corrected chi connectivity index (χ0v) is 13.8. The number of nitrogens with one attached hydrogen (secondary N) is 1. The normalized spacial score (nSPS) is 13.6. The van der Waals surface area contributed by atoms with Crippen LogP contribution >= 0.6 is 11.8 Å². The van der Waals surface area contributed by atoms with Crippen LogP contribution in [0.5, 0.6) is 0 Å². The molecule has 1 N–H and O–H groups in total. The lowest BCUT2D eigenvalue weighted by Gasteiger charge is -2.25. The van der Waals surface area contributed by atoms with Gasteiger partial charge in [-0.1, -0.05) is 33.8 Å². The second-order valence-corrected chi connectivity index (χ2v) is 7.87. The van der Waals surface area contributed by atoms with Crippen molar-refractivity contribution >= 4 is 11.8 Å². The molecule has 1 unspecified atom stereocenters. The fraction of sp³-hybridized carbons (Fsp3) is 0.625. The van der Waals surface area contributed by atoms with Gasteiger partial charge in [0, 0.05) is 22.1 Å². The average molecular weight is 301 g/mol. The van der Waals surface area contributed by atoms with Crippen molar-refractivity contribution in [3.63, 3.8) is 0 Å². The molecule has 0 aliphatic carbocycles. The minimum Gasteiger partial charge on any atom is -0.309 e. The molecule has 1 aromatic carbocycles. The topological polar surface area (TPSA) is 12.0 Å². The van der Waals surface area contributed by atoms with Gasteiger partial charge in [0.1, 0.15) is 11.6 Å². The zero-order valence-electron chi connectivity index (χ0n) is 13.0. The molecule has 0 spiro atoms. The van der Waals surface area contributed by atoms with Gasteiger partial charge >= 0.3 is 0 Å². The van der Waals surface area contributed by atoms with Crippen LogP contribution in [0.15, 0.2) is 12.1 Å². The Kier molecular flexibility index (Phi) is 6.46. The predicted molar refractivity (Wildman–Crippen MR) is 84.3 cm³/mol. The van der Waals surface area contributed by atoms with Crippen molar-refractivity contribution in [3.05, 3.63) is 34.9 Å². The van der Waals surface area contributed by atoms with Crippen molar-refractivity contribution < 1.29 is 8.78 Å². The van der Waals surface area contributed by atoms with Gasteiger partial charge in [-0.2, -0.15) is 11.8 Å². The summed E-state index contributed by atoms with van der Waals surface area (Å²) >= 11 is 1.71. The van der Waals surface area contributed by atoms with E-state index in [9.17, 15) is 8.78 Å². The minimum atomic E-state index is -0.462. The third-order valence-electron chi connectivity index (χ3n) is 2.99. The SMILES string of the molecule is CCCNC(CSC(C)(C)C)c1c(F)ccc(C)c1F. The summed E-state index contributed by atoms with van der Waals surface area (Å²) in [5.74, 6) is -0.231. The fourth-order valence-corrected chi connectivity index (χ4v) is 2.85. The molecule has 0 saturated heterocycles. The second kappa shape index (κ2) is 7.41. The molecule has 0 radical (unpaired) electrons. The van der Waals surface area contributed by atoms with Gasteiger partial charge in [0.15, 0.2) is 0 Å². The van der Waals surface area contributed by atoms with Crippen molar-refractivity contribution in [2.75, 3.05) is 12.3 Å². The fourth-order valence-electron chi connectivity index (χ4n) is 1.89. The first-order valence-corrected chi connectivity index (χ1v) is 8.06. The zero-order chi connectivity index (χ0) is 15.3. The van der Waals surface area contributed by atoms with E-state index in [-0.39, 0.29) is 16.4 Å². The summed E-state index contributed by atoms with van der Waals surface area (Å²) < 4.78 is 28.4. The minimum absolute atomic E-state index is 0.0723. The molecular weight excluding hydrogens is 276 g/mol. The molecule has 0 aromatic heterocycles. The smallest absolute Gasteiger partial charge is 0.133 e. The summed E-state index contributed by atoms with van der Waals surface area (Å²) in [6, 6.07) is 2.55. The Hall–Kier alpha value is -0.610. The van der Waals surface area contributed by atoms with E-state index in [1.165, 1.54) is 12.1 Å². The summed E-state index contributed by atoms with van der Waals surface area (Å²) in [5.41, 5.74) is 0.667. The lowest BCUT2D eigenvalue weighted by atomic mass is 10.0. The Morgan fingerprint density at radius 2 is 1.90 bits per heavy atom. The van der Waals surface area contributed by atoms with E-state index in [0.29, 0.717) is 11.3 Å². The Morgan fingerprint density at radius 1 is 1.25 bits per heavy atom. The molecule has 0 amide bonds. The summed E-state index contributed by atoms with van der Waals surface area (Å²) in [7, 11) is 0. The Balaban J connectivity index is 3.01. The molecule has 1 aromatic rings. The molecule has 1 rings (SSSR count). The van der Waals surface area contributed by atoms with Crippen LogP contribution in [0, 0.1) is 18.6 Å². The van der Waals surface area contributed by atoms with Crippen LogP contribution in [0.1, 0.15) is 51.3 Å². The first-order valence-electron chi connectivity index (χ1n) is 7.08. The highest BCUT2D eigenvalue weighted by Crippen LogP contribution is 2.31. The molecule has 20 heavy (non-hydrogen) atoms. The molecule has 0 saturated carbocycles. The Morgan fingerprint density at radius 3 is 2.45 bits per heavy atom. The maximum Gasteiger partial charge on any atom is 0.133 e. The molecule has 0 aliphatic rings. The lowest BCUT2D eigenvalue weighted by molar-refractivity contribution is 0.488. The molecule has 0 aliphatic heterocycles. The van der Waals surface area contributed by atoms with E-state index in [4.69, 9.17) is 0 Å². The number of hydrogen-bond acceptors (Lipinski definition) is 2. The third kappa shape index (κ3) is 5.06. The van der Waals surface area contributed by atoms with Gasteiger partial charge in [-0.25, -0.2) is 8.78 Å². The Bertz CT molecular complexity index is 441. The molecule has 1 atom stereocenters. The van der Waals surface area contributed by atoms with E-state index in [0.717, 1.165) is 13.0 Å². The standard InChI is InChI=1S/C16H25F2NS/c1-6-9-19-13(10-20-16(3,4)5)14-12(17)8-7-11(2)15(14)18/h7-8,13,19H,6,9-10H2,1-5H3. The van der Waals surface area contributed by atoms with Gasteiger partial charge in [-0.05, 0) is 31.5 Å². The van der Waals surface area contributed by atoms with E-state index in [2.05, 4.69) is 26.1 Å². The maximum absolute atomic E-state index is 14.3. The van der Waals surface area contributed by atoms with Crippen LogP contribution in [0.4, 0.5) is 8.78 Å². The van der Waals surface area contributed by atoms with Gasteiger partial charge in [-0.3, -0.25) is 0 Å². The third-order valence-corrected chi connectivity index (χ3v) is 4.36. The number of rotatable bonds is 6.